The van der Waals surface area contributed by atoms with Gasteiger partial charge in [0.2, 0.25) is 0 Å². The maximum Gasteiger partial charge on any atom is 0.416 e. The molecule has 2 aliphatic carbocycles. The van der Waals surface area contributed by atoms with Gasteiger partial charge in [0.05, 0.1) is 34.5 Å². The fourth-order valence-corrected chi connectivity index (χ4v) is 10.5. The summed E-state index contributed by atoms with van der Waals surface area (Å²) in [6.07, 6.45) is -5.60. The van der Waals surface area contributed by atoms with Gasteiger partial charge in [0, 0.05) is 37.5 Å². The summed E-state index contributed by atoms with van der Waals surface area (Å²) >= 11 is 0. The van der Waals surface area contributed by atoms with Gasteiger partial charge in [-0.1, -0.05) is 109 Å². The summed E-state index contributed by atoms with van der Waals surface area (Å²) in [5.74, 6) is -3.23. The number of ether oxygens (including phenoxy) is 6. The molecule has 0 amide bonds. The summed E-state index contributed by atoms with van der Waals surface area (Å²) in [6, 6.07) is 42.2. The average Bonchev–Trinajstić information content (AvgIpc) is 4.22. The first kappa shape index (κ1) is 56.8. The summed E-state index contributed by atoms with van der Waals surface area (Å²) < 4.78 is 111. The van der Waals surface area contributed by atoms with Crippen LogP contribution in [0.5, 0.6) is 11.5 Å². The second-order valence-electron chi connectivity index (χ2n) is 19.7. The van der Waals surface area contributed by atoms with E-state index in [-0.39, 0.29) is 35.5 Å². The lowest BCUT2D eigenvalue weighted by atomic mass is 9.91. The van der Waals surface area contributed by atoms with E-state index in [0.29, 0.717) is 36.8 Å². The molecule has 4 fully saturated rings. The third kappa shape index (κ3) is 14.5. The topological polar surface area (TPSA) is 164 Å². The molecule has 0 bridgehead atoms. The Morgan fingerprint density at radius 3 is 1.20 bits per heavy atom. The number of carbonyl (C=O) groups excluding carboxylic acids is 4. The zero-order valence-electron chi connectivity index (χ0n) is 42.6. The Labute approximate surface area is 456 Å². The van der Waals surface area contributed by atoms with Crippen molar-refractivity contribution in [1.82, 2.24) is 0 Å². The van der Waals surface area contributed by atoms with Gasteiger partial charge in [-0.3, -0.25) is 9.59 Å². The highest BCUT2D eigenvalue weighted by molar-refractivity contribution is 5.92. The number of benzene rings is 6. The van der Waals surface area contributed by atoms with Gasteiger partial charge in [-0.2, -0.15) is 26.3 Å². The summed E-state index contributed by atoms with van der Waals surface area (Å²) in [7, 11) is 0. The number of rotatable bonds is 16. The maximum atomic E-state index is 13.0. The van der Waals surface area contributed by atoms with Gasteiger partial charge in [0.1, 0.15) is 23.7 Å². The fourth-order valence-electron chi connectivity index (χ4n) is 10.5. The number of ketones is 2. The molecule has 2 saturated heterocycles. The summed E-state index contributed by atoms with van der Waals surface area (Å²) in [5.41, 5.74) is 2.98. The molecule has 2 saturated carbocycles. The van der Waals surface area contributed by atoms with E-state index in [1.165, 1.54) is 36.4 Å². The van der Waals surface area contributed by atoms with Crippen molar-refractivity contribution in [2.75, 3.05) is 13.2 Å². The first-order chi connectivity index (χ1) is 38.3. The van der Waals surface area contributed by atoms with E-state index < -0.39 is 96.8 Å². The molecule has 0 aromatic heterocycles. The highest BCUT2D eigenvalue weighted by Gasteiger charge is 2.51. The van der Waals surface area contributed by atoms with Crippen LogP contribution in [-0.4, -0.2) is 83.9 Å². The van der Waals surface area contributed by atoms with Crippen LogP contribution in [0.3, 0.4) is 0 Å². The zero-order chi connectivity index (χ0) is 56.6. The molecule has 0 radical (unpaired) electrons. The van der Waals surface area contributed by atoms with E-state index in [0.717, 1.165) is 46.5 Å². The SMILES string of the molecule is O=C(/C=C/[C@H]1[C@H](OC(=O)c2ccc(-c3ccccc3)cc2)CC2O[C@@H](O)C[C@@H]21)COc1cccc(C(F)(F)F)c1.O=C(/C=C/[C@H]1[C@H](OC(=O)c2ccc(-c3ccccc3)cc2)CC2O[C@H](O)C[C@@H]21)COc1cccc(C(F)(F)F)c1. The third-order valence-electron chi connectivity index (χ3n) is 14.4. The number of halogens is 6. The van der Waals surface area contributed by atoms with E-state index in [9.17, 15) is 55.7 Å². The van der Waals surface area contributed by atoms with Crippen LogP contribution in [0.4, 0.5) is 26.3 Å². The Balaban J connectivity index is 0.000000194. The van der Waals surface area contributed by atoms with Crippen LogP contribution < -0.4 is 9.47 Å². The summed E-state index contributed by atoms with van der Waals surface area (Å²) in [6.45, 7) is -0.925. The molecular formula is C62H54F6O12. The molecule has 416 valence electrons. The van der Waals surface area contributed by atoms with Crippen molar-refractivity contribution in [3.05, 3.63) is 204 Å². The Morgan fingerprint density at radius 2 is 0.838 bits per heavy atom. The van der Waals surface area contributed by atoms with E-state index in [1.54, 1.807) is 36.4 Å². The molecule has 2 N–H and O–H groups in total. The molecule has 6 aromatic rings. The maximum absolute atomic E-state index is 13.0. The van der Waals surface area contributed by atoms with Crippen LogP contribution >= 0.6 is 0 Å². The molecule has 2 heterocycles. The van der Waals surface area contributed by atoms with E-state index >= 15 is 0 Å². The van der Waals surface area contributed by atoms with Crippen molar-refractivity contribution >= 4 is 23.5 Å². The molecule has 2 unspecified atom stereocenters. The second kappa shape index (κ2) is 25.0. The third-order valence-corrected chi connectivity index (χ3v) is 14.4. The second-order valence-corrected chi connectivity index (χ2v) is 19.7. The average molecular weight is 1110 g/mol. The van der Waals surface area contributed by atoms with Gasteiger partial charge in [0.15, 0.2) is 37.4 Å². The van der Waals surface area contributed by atoms with E-state index in [4.69, 9.17) is 28.4 Å². The number of aliphatic hydroxyl groups is 2. The van der Waals surface area contributed by atoms with Gasteiger partial charge in [-0.05, 0) is 107 Å². The van der Waals surface area contributed by atoms with Crippen LogP contribution in [0.2, 0.25) is 0 Å². The van der Waals surface area contributed by atoms with Crippen LogP contribution in [-0.2, 0) is 40.9 Å². The smallest absolute Gasteiger partial charge is 0.416 e. The lowest BCUT2D eigenvalue weighted by Gasteiger charge is -2.21. The molecular weight excluding hydrogens is 1050 g/mol. The Morgan fingerprint density at radius 1 is 0.475 bits per heavy atom. The van der Waals surface area contributed by atoms with Gasteiger partial charge in [0.25, 0.3) is 0 Å². The van der Waals surface area contributed by atoms with E-state index in [1.807, 2.05) is 84.9 Å². The first-order valence-electron chi connectivity index (χ1n) is 25.8. The van der Waals surface area contributed by atoms with Crippen LogP contribution in [0.1, 0.15) is 57.5 Å². The van der Waals surface area contributed by atoms with Crippen LogP contribution in [0.25, 0.3) is 22.3 Å². The largest absolute Gasteiger partial charge is 0.485 e. The Kier molecular flexibility index (Phi) is 17.8. The number of fused-ring (bicyclic) bond motifs is 2. The van der Waals surface area contributed by atoms with Crippen molar-refractivity contribution in [2.24, 2.45) is 23.7 Å². The summed E-state index contributed by atoms with van der Waals surface area (Å²) in [4.78, 5) is 50.9. The van der Waals surface area contributed by atoms with Crippen molar-refractivity contribution < 1.29 is 84.2 Å². The standard InChI is InChI=1S/2C31H27F3O6/c2*32-31(33,34)22-7-4-8-24(15-22)38-18-23(35)13-14-25-26-16-29(36)39-28(26)17-27(25)40-30(37)21-11-9-20(10-12-21)19-5-2-1-3-6-19/h2*1-15,25-29,36H,16-18H2/b2*14-13+/t25-,26-,27-,28?,29+;25-,26-,27-,28?,29-/m11/s1. The van der Waals surface area contributed by atoms with Crippen molar-refractivity contribution in [1.29, 1.82) is 0 Å². The summed E-state index contributed by atoms with van der Waals surface area (Å²) in [5, 5.41) is 19.9. The quantitative estimate of drug-likeness (QED) is 0.0536. The van der Waals surface area contributed by atoms with Gasteiger partial charge in [-0.25, -0.2) is 9.59 Å². The highest BCUT2D eigenvalue weighted by Crippen LogP contribution is 2.46. The van der Waals surface area contributed by atoms with Crippen molar-refractivity contribution in [3.63, 3.8) is 0 Å². The van der Waals surface area contributed by atoms with Crippen molar-refractivity contribution in [2.45, 2.75) is 75.0 Å². The van der Waals surface area contributed by atoms with E-state index in [2.05, 4.69) is 0 Å². The zero-order valence-corrected chi connectivity index (χ0v) is 42.6. The predicted octanol–water partition coefficient (Wildman–Crippen LogP) is 11.7. The lowest BCUT2D eigenvalue weighted by molar-refractivity contribution is -0.138. The van der Waals surface area contributed by atoms with Crippen LogP contribution in [0, 0.1) is 23.7 Å². The van der Waals surface area contributed by atoms with Gasteiger partial charge >= 0.3 is 24.3 Å². The first-order valence-corrected chi connectivity index (χ1v) is 25.8. The Bertz CT molecular complexity index is 2950. The van der Waals surface area contributed by atoms with Gasteiger partial charge < -0.3 is 38.6 Å². The molecule has 4 aliphatic rings. The molecule has 2 aliphatic heterocycles. The number of carbonyl (C=O) groups is 4. The van der Waals surface area contributed by atoms with Gasteiger partial charge in [-0.15, -0.1) is 0 Å². The normalized spacial score (nSPS) is 24.1. The van der Waals surface area contributed by atoms with Crippen molar-refractivity contribution in [3.8, 4) is 33.8 Å². The highest BCUT2D eigenvalue weighted by atomic mass is 19.4. The van der Waals surface area contributed by atoms with Crippen LogP contribution in [0.15, 0.2) is 182 Å². The predicted molar refractivity (Wildman–Crippen MR) is 279 cm³/mol. The minimum Gasteiger partial charge on any atom is -0.485 e. The minimum atomic E-state index is -4.52. The molecule has 0 spiro atoms. The number of aliphatic hydroxyl groups excluding tert-OH is 2. The number of alkyl halides is 6. The fraction of sp³-hybridized carbons (Fsp3) is 0.290. The molecule has 18 heteroatoms. The lowest BCUT2D eigenvalue weighted by Crippen LogP contribution is -2.25. The molecule has 80 heavy (non-hydrogen) atoms. The number of esters is 2. The Hall–Kier alpha value is -7.90. The molecule has 12 nitrogen and oxygen atoms in total. The number of hydrogen-bond acceptors (Lipinski definition) is 12. The molecule has 6 aromatic carbocycles. The molecule has 10 rings (SSSR count). The minimum absolute atomic E-state index is 0.0742. The number of hydrogen-bond donors (Lipinski definition) is 2. The molecule has 10 atom stereocenters. The monoisotopic (exact) mass is 1100 g/mol.